The second-order valence-corrected chi connectivity index (χ2v) is 5.70. The maximum absolute atomic E-state index is 9.75. The van der Waals surface area contributed by atoms with E-state index in [1.807, 2.05) is 49.4 Å². The van der Waals surface area contributed by atoms with Crippen molar-refractivity contribution >= 4 is 5.76 Å². The van der Waals surface area contributed by atoms with Gasteiger partial charge < -0.3 is 9.47 Å². The van der Waals surface area contributed by atoms with Gasteiger partial charge in [0.1, 0.15) is 5.76 Å². The molecule has 23 heavy (non-hydrogen) atoms. The summed E-state index contributed by atoms with van der Waals surface area (Å²) >= 11 is 0. The van der Waals surface area contributed by atoms with Crippen LogP contribution in [0.1, 0.15) is 30.4 Å². The van der Waals surface area contributed by atoms with Gasteiger partial charge in [-0.25, -0.2) is 0 Å². The molecule has 4 heteroatoms. The third kappa shape index (κ3) is 2.96. The van der Waals surface area contributed by atoms with Gasteiger partial charge in [0.25, 0.3) is 0 Å². The molecule has 0 amide bonds. The highest BCUT2D eigenvalue weighted by atomic mass is 16.7. The smallest absolute Gasteiger partial charge is 0.208 e. The average Bonchev–Trinajstić information content (AvgIpc) is 2.62. The van der Waals surface area contributed by atoms with Gasteiger partial charge >= 0.3 is 0 Å². The minimum Gasteiger partial charge on any atom is -0.461 e. The van der Waals surface area contributed by atoms with Gasteiger partial charge in [0, 0.05) is 44.3 Å². The van der Waals surface area contributed by atoms with Crippen molar-refractivity contribution in [1.29, 1.82) is 5.26 Å². The Morgan fingerprint density at radius 3 is 2.65 bits per heavy atom. The molecule has 1 aromatic heterocycles. The average molecular weight is 306 g/mol. The summed E-state index contributed by atoms with van der Waals surface area (Å²) in [6.45, 7) is 1.90. The molecule has 0 N–H and O–H groups in total. The van der Waals surface area contributed by atoms with Crippen LogP contribution < -0.4 is 0 Å². The summed E-state index contributed by atoms with van der Waals surface area (Å²) in [5.41, 5.74) is 2.48. The Labute approximate surface area is 136 Å². The number of hydrogen-bond acceptors (Lipinski definition) is 4. The Bertz CT molecular complexity index is 750. The molecule has 2 atom stereocenters. The standard InChI is InChI=1S/C19H18N2O2/c1-19(22-2)11-16(15-9-6-10-21-13-15)17(12-20)18(23-19)14-7-4-3-5-8-14/h3-10,13,16H,11H2,1-2H3/t16-,19+/m1/s1. The van der Waals surface area contributed by atoms with Crippen molar-refractivity contribution in [3.05, 3.63) is 71.6 Å². The highest BCUT2D eigenvalue weighted by Gasteiger charge is 2.40. The molecular formula is C19H18N2O2. The summed E-state index contributed by atoms with van der Waals surface area (Å²) in [5, 5.41) is 9.75. The largest absolute Gasteiger partial charge is 0.461 e. The number of ether oxygens (including phenoxy) is 2. The Kier molecular flexibility index (Phi) is 4.14. The summed E-state index contributed by atoms with van der Waals surface area (Å²) in [6.07, 6.45) is 4.09. The number of benzene rings is 1. The molecule has 2 heterocycles. The van der Waals surface area contributed by atoms with E-state index < -0.39 is 5.79 Å². The lowest BCUT2D eigenvalue weighted by molar-refractivity contribution is -0.179. The molecular weight excluding hydrogens is 288 g/mol. The van der Waals surface area contributed by atoms with E-state index >= 15 is 0 Å². The van der Waals surface area contributed by atoms with Crippen LogP contribution in [0.25, 0.3) is 5.76 Å². The van der Waals surface area contributed by atoms with Crippen molar-refractivity contribution < 1.29 is 9.47 Å². The van der Waals surface area contributed by atoms with E-state index in [1.165, 1.54) is 0 Å². The van der Waals surface area contributed by atoms with Crippen LogP contribution in [0.4, 0.5) is 0 Å². The minimum atomic E-state index is -0.786. The van der Waals surface area contributed by atoms with Gasteiger partial charge in [-0.2, -0.15) is 5.26 Å². The van der Waals surface area contributed by atoms with E-state index in [4.69, 9.17) is 9.47 Å². The van der Waals surface area contributed by atoms with E-state index in [9.17, 15) is 5.26 Å². The lowest BCUT2D eigenvalue weighted by Crippen LogP contribution is -2.37. The molecule has 0 saturated carbocycles. The van der Waals surface area contributed by atoms with Crippen molar-refractivity contribution in [2.24, 2.45) is 0 Å². The zero-order valence-corrected chi connectivity index (χ0v) is 13.2. The minimum absolute atomic E-state index is 0.109. The van der Waals surface area contributed by atoms with Crippen molar-refractivity contribution in [1.82, 2.24) is 4.98 Å². The predicted octanol–water partition coefficient (Wildman–Crippen LogP) is 3.88. The monoisotopic (exact) mass is 306 g/mol. The number of pyridine rings is 1. The summed E-state index contributed by atoms with van der Waals surface area (Å²) < 4.78 is 11.7. The van der Waals surface area contributed by atoms with Gasteiger partial charge in [-0.15, -0.1) is 0 Å². The van der Waals surface area contributed by atoms with Crippen molar-refractivity contribution in [2.75, 3.05) is 7.11 Å². The lowest BCUT2D eigenvalue weighted by Gasteiger charge is -2.38. The third-order valence-corrected chi connectivity index (χ3v) is 4.16. The van der Waals surface area contributed by atoms with E-state index in [2.05, 4.69) is 11.1 Å². The maximum Gasteiger partial charge on any atom is 0.208 e. The summed E-state index contributed by atoms with van der Waals surface area (Å²) in [6, 6.07) is 15.9. The summed E-state index contributed by atoms with van der Waals surface area (Å²) in [7, 11) is 1.63. The highest BCUT2D eigenvalue weighted by Crippen LogP contribution is 2.44. The fourth-order valence-corrected chi connectivity index (χ4v) is 2.87. The lowest BCUT2D eigenvalue weighted by atomic mass is 9.83. The van der Waals surface area contributed by atoms with Crippen molar-refractivity contribution in [3.8, 4) is 6.07 Å². The number of nitrogens with zero attached hydrogens (tertiary/aromatic N) is 2. The van der Waals surface area contributed by atoms with Gasteiger partial charge in [0.05, 0.1) is 11.6 Å². The van der Waals surface area contributed by atoms with Gasteiger partial charge in [0.2, 0.25) is 5.79 Å². The fraction of sp³-hybridized carbons (Fsp3) is 0.263. The van der Waals surface area contributed by atoms with Crippen LogP contribution in [-0.4, -0.2) is 17.9 Å². The first-order valence-electron chi connectivity index (χ1n) is 7.50. The Balaban J connectivity index is 2.16. The molecule has 0 fully saturated rings. The van der Waals surface area contributed by atoms with Gasteiger partial charge in [0.15, 0.2) is 0 Å². The maximum atomic E-state index is 9.75. The van der Waals surface area contributed by atoms with E-state index in [0.29, 0.717) is 17.8 Å². The number of methoxy groups -OCH3 is 1. The van der Waals surface area contributed by atoms with E-state index in [1.54, 1.807) is 19.5 Å². The van der Waals surface area contributed by atoms with Crippen molar-refractivity contribution in [2.45, 2.75) is 25.0 Å². The van der Waals surface area contributed by atoms with Crippen LogP contribution in [0.5, 0.6) is 0 Å². The van der Waals surface area contributed by atoms with Crippen LogP contribution in [0, 0.1) is 11.3 Å². The third-order valence-electron chi connectivity index (χ3n) is 4.16. The fourth-order valence-electron chi connectivity index (χ4n) is 2.87. The van der Waals surface area contributed by atoms with Crippen LogP contribution in [0.15, 0.2) is 60.4 Å². The quantitative estimate of drug-likeness (QED) is 0.863. The van der Waals surface area contributed by atoms with Crippen LogP contribution in [0.3, 0.4) is 0 Å². The molecule has 2 aromatic rings. The first-order chi connectivity index (χ1) is 11.2. The number of hydrogen-bond donors (Lipinski definition) is 0. The zero-order chi connectivity index (χ0) is 16.3. The molecule has 4 nitrogen and oxygen atoms in total. The Hall–Kier alpha value is -2.64. The topological polar surface area (TPSA) is 55.1 Å². The number of rotatable bonds is 3. The van der Waals surface area contributed by atoms with E-state index in [0.717, 1.165) is 11.1 Å². The molecule has 116 valence electrons. The molecule has 0 radical (unpaired) electrons. The molecule has 0 spiro atoms. The second-order valence-electron chi connectivity index (χ2n) is 5.70. The van der Waals surface area contributed by atoms with Gasteiger partial charge in [-0.05, 0) is 11.6 Å². The van der Waals surface area contributed by atoms with Gasteiger partial charge in [-0.1, -0.05) is 36.4 Å². The molecule has 3 rings (SSSR count). The normalized spacial score (nSPS) is 24.0. The zero-order valence-electron chi connectivity index (χ0n) is 13.2. The summed E-state index contributed by atoms with van der Waals surface area (Å²) in [5.74, 6) is -0.313. The first-order valence-corrected chi connectivity index (χ1v) is 7.50. The van der Waals surface area contributed by atoms with Crippen LogP contribution >= 0.6 is 0 Å². The first kappa shape index (κ1) is 15.3. The number of aromatic nitrogens is 1. The highest BCUT2D eigenvalue weighted by molar-refractivity contribution is 5.70. The van der Waals surface area contributed by atoms with Crippen LogP contribution in [0.2, 0.25) is 0 Å². The van der Waals surface area contributed by atoms with E-state index in [-0.39, 0.29) is 5.92 Å². The Morgan fingerprint density at radius 2 is 2.04 bits per heavy atom. The van der Waals surface area contributed by atoms with Crippen LogP contribution in [-0.2, 0) is 9.47 Å². The van der Waals surface area contributed by atoms with Gasteiger partial charge in [-0.3, -0.25) is 4.98 Å². The molecule has 0 bridgehead atoms. The van der Waals surface area contributed by atoms with Crippen molar-refractivity contribution in [3.63, 3.8) is 0 Å². The molecule has 0 aliphatic carbocycles. The molecule has 0 saturated heterocycles. The Morgan fingerprint density at radius 1 is 1.26 bits per heavy atom. The predicted molar refractivity (Wildman–Crippen MR) is 87.1 cm³/mol. The summed E-state index contributed by atoms with van der Waals surface area (Å²) in [4.78, 5) is 4.19. The molecule has 0 unspecified atom stereocenters. The SMILES string of the molecule is CO[C@]1(C)C[C@H](c2cccnc2)C(C#N)=C(c2ccccc2)O1. The molecule has 1 aromatic carbocycles. The second kappa shape index (κ2) is 6.23. The molecule has 1 aliphatic rings. The number of allylic oxidation sites excluding steroid dienone is 1. The molecule has 1 aliphatic heterocycles. The number of nitriles is 1.